The highest BCUT2D eigenvalue weighted by Gasteiger charge is 2.52. The van der Waals surface area contributed by atoms with Gasteiger partial charge in [-0.2, -0.15) is 0 Å². The number of hydrogen-bond acceptors (Lipinski definition) is 3. The van der Waals surface area contributed by atoms with Crippen LogP contribution in [-0.4, -0.2) is 18.1 Å². The Bertz CT molecular complexity index is 1210. The van der Waals surface area contributed by atoms with E-state index in [2.05, 4.69) is 0 Å². The van der Waals surface area contributed by atoms with Gasteiger partial charge in [-0.05, 0) is 46.2 Å². The SMILES string of the molecule is COc1ccc([C@@H]2C([C@@H](O)c3cccc4ccccc34)C(=O)N2c2ccccc2)cc1. The highest BCUT2D eigenvalue weighted by atomic mass is 16.5. The van der Waals surface area contributed by atoms with Crippen molar-refractivity contribution < 1.29 is 14.6 Å². The summed E-state index contributed by atoms with van der Waals surface area (Å²) in [7, 11) is 1.63. The van der Waals surface area contributed by atoms with Crippen molar-refractivity contribution in [3.63, 3.8) is 0 Å². The molecule has 1 heterocycles. The maximum atomic E-state index is 13.4. The van der Waals surface area contributed by atoms with Crippen molar-refractivity contribution >= 4 is 22.4 Å². The summed E-state index contributed by atoms with van der Waals surface area (Å²) >= 11 is 0. The minimum atomic E-state index is -0.911. The summed E-state index contributed by atoms with van der Waals surface area (Å²) in [5.41, 5.74) is 2.57. The van der Waals surface area contributed by atoms with Gasteiger partial charge in [-0.25, -0.2) is 0 Å². The Morgan fingerprint density at radius 1 is 0.839 bits per heavy atom. The van der Waals surface area contributed by atoms with Gasteiger partial charge < -0.3 is 14.7 Å². The molecule has 0 aromatic heterocycles. The van der Waals surface area contributed by atoms with E-state index in [9.17, 15) is 9.90 Å². The van der Waals surface area contributed by atoms with Crippen LogP contribution in [0.15, 0.2) is 97.1 Å². The zero-order valence-electron chi connectivity index (χ0n) is 17.2. The smallest absolute Gasteiger partial charge is 0.236 e. The molecule has 0 aliphatic carbocycles. The van der Waals surface area contributed by atoms with Gasteiger partial charge in [0, 0.05) is 5.69 Å². The molecule has 1 amide bonds. The fraction of sp³-hybridized carbons (Fsp3) is 0.148. The van der Waals surface area contributed by atoms with Crippen molar-refractivity contribution in [1.29, 1.82) is 0 Å². The van der Waals surface area contributed by atoms with Crippen molar-refractivity contribution in [3.05, 3.63) is 108 Å². The van der Waals surface area contributed by atoms with Crippen LogP contribution in [0.1, 0.15) is 23.3 Å². The lowest BCUT2D eigenvalue weighted by Gasteiger charge is -2.49. The molecule has 4 heteroatoms. The minimum absolute atomic E-state index is 0.0764. The van der Waals surface area contributed by atoms with E-state index in [0.29, 0.717) is 0 Å². The van der Waals surface area contributed by atoms with Crippen LogP contribution in [0, 0.1) is 5.92 Å². The van der Waals surface area contributed by atoms with E-state index < -0.39 is 12.0 Å². The number of amides is 1. The zero-order chi connectivity index (χ0) is 21.4. The number of aliphatic hydroxyl groups is 1. The van der Waals surface area contributed by atoms with E-state index in [-0.39, 0.29) is 11.9 Å². The molecule has 4 aromatic rings. The van der Waals surface area contributed by atoms with Crippen LogP contribution in [0.3, 0.4) is 0 Å². The Balaban J connectivity index is 1.58. The number of β-lactam (4-membered cyclic amide) rings is 1. The van der Waals surface area contributed by atoms with E-state index in [0.717, 1.165) is 33.3 Å². The van der Waals surface area contributed by atoms with Crippen LogP contribution in [0.4, 0.5) is 5.69 Å². The number of carbonyl (C=O) groups is 1. The third-order valence-corrected chi connectivity index (χ3v) is 6.11. The summed E-state index contributed by atoms with van der Waals surface area (Å²) in [4.78, 5) is 15.1. The largest absolute Gasteiger partial charge is 0.497 e. The highest BCUT2D eigenvalue weighted by molar-refractivity contribution is 6.04. The van der Waals surface area contributed by atoms with Gasteiger partial charge in [-0.1, -0.05) is 72.8 Å². The fourth-order valence-electron chi connectivity index (χ4n) is 4.55. The van der Waals surface area contributed by atoms with Crippen LogP contribution in [-0.2, 0) is 4.79 Å². The first kappa shape index (κ1) is 19.3. The minimum Gasteiger partial charge on any atom is -0.497 e. The van der Waals surface area contributed by atoms with Gasteiger partial charge in [0.05, 0.1) is 25.2 Å². The van der Waals surface area contributed by atoms with Crippen molar-refractivity contribution in [2.24, 2.45) is 5.92 Å². The predicted molar refractivity (Wildman–Crippen MR) is 122 cm³/mol. The van der Waals surface area contributed by atoms with E-state index in [4.69, 9.17) is 4.74 Å². The summed E-state index contributed by atoms with van der Waals surface area (Å²) in [5, 5.41) is 13.5. The van der Waals surface area contributed by atoms with E-state index >= 15 is 0 Å². The van der Waals surface area contributed by atoms with Crippen molar-refractivity contribution in [2.75, 3.05) is 12.0 Å². The molecule has 0 radical (unpaired) electrons. The number of fused-ring (bicyclic) bond motifs is 1. The number of benzene rings is 4. The number of hydrogen-bond donors (Lipinski definition) is 1. The lowest BCUT2D eigenvalue weighted by atomic mass is 9.75. The third kappa shape index (κ3) is 3.25. The predicted octanol–water partition coefficient (Wildman–Crippen LogP) is 5.29. The third-order valence-electron chi connectivity index (χ3n) is 6.11. The molecule has 0 saturated carbocycles. The zero-order valence-corrected chi connectivity index (χ0v) is 17.2. The summed E-state index contributed by atoms with van der Waals surface area (Å²) in [6.45, 7) is 0. The summed E-state index contributed by atoms with van der Waals surface area (Å²) in [6, 6.07) is 30.9. The monoisotopic (exact) mass is 409 g/mol. The summed E-state index contributed by atoms with van der Waals surface area (Å²) in [5.74, 6) is 0.110. The number of aliphatic hydroxyl groups excluding tert-OH is 1. The number of ether oxygens (including phenoxy) is 1. The molecule has 1 aliphatic heterocycles. The number of anilines is 1. The van der Waals surface area contributed by atoms with Gasteiger partial charge in [0.1, 0.15) is 5.75 Å². The molecule has 0 bridgehead atoms. The molecule has 0 spiro atoms. The second-order valence-electron chi connectivity index (χ2n) is 7.80. The number of nitrogens with zero attached hydrogens (tertiary/aromatic N) is 1. The number of carbonyl (C=O) groups excluding carboxylic acids is 1. The average Bonchev–Trinajstić information content (AvgIpc) is 2.83. The molecule has 1 fully saturated rings. The molecule has 5 rings (SSSR count). The molecular weight excluding hydrogens is 386 g/mol. The molecule has 1 unspecified atom stereocenters. The van der Waals surface area contributed by atoms with Crippen LogP contribution < -0.4 is 9.64 Å². The number of methoxy groups -OCH3 is 1. The van der Waals surface area contributed by atoms with Gasteiger partial charge in [-0.15, -0.1) is 0 Å². The summed E-state index contributed by atoms with van der Waals surface area (Å²) in [6.07, 6.45) is -0.911. The average molecular weight is 409 g/mol. The first-order chi connectivity index (χ1) is 15.2. The molecule has 4 aromatic carbocycles. The van der Waals surface area contributed by atoms with Crippen LogP contribution >= 0.6 is 0 Å². The number of rotatable bonds is 5. The first-order valence-corrected chi connectivity index (χ1v) is 10.4. The molecule has 1 aliphatic rings. The van der Waals surface area contributed by atoms with E-state index in [1.807, 2.05) is 97.1 Å². The van der Waals surface area contributed by atoms with Crippen molar-refractivity contribution in [3.8, 4) is 5.75 Å². The van der Waals surface area contributed by atoms with E-state index in [1.165, 1.54) is 0 Å². The molecular formula is C27H23NO3. The molecule has 154 valence electrons. The van der Waals surface area contributed by atoms with Gasteiger partial charge in [0.15, 0.2) is 0 Å². The lowest BCUT2D eigenvalue weighted by molar-refractivity contribution is -0.136. The van der Waals surface area contributed by atoms with Crippen LogP contribution in [0.2, 0.25) is 0 Å². The standard InChI is InChI=1S/C27H23NO3/c1-31-21-16-14-19(15-17-21)25-24(27(30)28(25)20-10-3-2-4-11-20)26(29)23-13-7-9-18-8-5-6-12-22(18)23/h2-17,24-26,29H,1H3/t24?,25-,26+/m1/s1. The van der Waals surface area contributed by atoms with Crippen molar-refractivity contribution in [2.45, 2.75) is 12.1 Å². The quantitative estimate of drug-likeness (QED) is 0.456. The van der Waals surface area contributed by atoms with Crippen molar-refractivity contribution in [1.82, 2.24) is 0 Å². The molecule has 31 heavy (non-hydrogen) atoms. The fourth-order valence-corrected chi connectivity index (χ4v) is 4.55. The lowest BCUT2D eigenvalue weighted by Crippen LogP contribution is -2.57. The summed E-state index contributed by atoms with van der Waals surface area (Å²) < 4.78 is 5.30. The Morgan fingerprint density at radius 2 is 1.52 bits per heavy atom. The maximum Gasteiger partial charge on any atom is 0.236 e. The van der Waals surface area contributed by atoms with E-state index in [1.54, 1.807) is 12.0 Å². The molecule has 3 atom stereocenters. The normalized spacial score (nSPS) is 19.2. The van der Waals surface area contributed by atoms with Gasteiger partial charge in [0.25, 0.3) is 0 Å². The Hall–Kier alpha value is -3.63. The second kappa shape index (κ2) is 7.89. The first-order valence-electron chi connectivity index (χ1n) is 10.4. The molecule has 1 N–H and O–H groups in total. The Morgan fingerprint density at radius 3 is 2.26 bits per heavy atom. The van der Waals surface area contributed by atoms with Gasteiger partial charge >= 0.3 is 0 Å². The number of para-hydroxylation sites is 1. The molecule has 1 saturated heterocycles. The topological polar surface area (TPSA) is 49.8 Å². The van der Waals surface area contributed by atoms with Gasteiger partial charge in [-0.3, -0.25) is 4.79 Å². The highest BCUT2D eigenvalue weighted by Crippen LogP contribution is 2.49. The Kier molecular flexibility index (Phi) is 4.92. The van der Waals surface area contributed by atoms with Crippen LogP contribution in [0.5, 0.6) is 5.75 Å². The van der Waals surface area contributed by atoms with Crippen LogP contribution in [0.25, 0.3) is 10.8 Å². The van der Waals surface area contributed by atoms with Gasteiger partial charge in [0.2, 0.25) is 5.91 Å². The second-order valence-corrected chi connectivity index (χ2v) is 7.80. The molecule has 4 nitrogen and oxygen atoms in total. The maximum absolute atomic E-state index is 13.4. The Labute approximate surface area is 181 Å².